The molecule has 2 atom stereocenters. The first-order chi connectivity index (χ1) is 18.2. The third kappa shape index (κ3) is 14.9. The van der Waals surface area contributed by atoms with E-state index >= 15 is 0 Å². The zero-order valence-corrected chi connectivity index (χ0v) is 24.3. The van der Waals surface area contributed by atoms with E-state index in [4.69, 9.17) is 4.74 Å². The van der Waals surface area contributed by atoms with Crippen molar-refractivity contribution in [2.24, 2.45) is 9.98 Å². The number of cyclic esters (lactones) is 1. The van der Waals surface area contributed by atoms with Crippen LogP contribution in [0.25, 0.3) is 0 Å². The monoisotopic (exact) mass is 548 g/mol. The van der Waals surface area contributed by atoms with Crippen molar-refractivity contribution in [3.05, 3.63) is 23.9 Å². The summed E-state index contributed by atoms with van der Waals surface area (Å²) in [6, 6.07) is -0.715. The van der Waals surface area contributed by atoms with Crippen LogP contribution in [0.5, 0.6) is 0 Å². The number of allylic oxidation sites excluding steroid dienone is 3. The number of nitrogens with zero attached hydrogens (tertiary/aromatic N) is 2. The molecule has 1 rings (SSSR count). The Morgan fingerprint density at radius 1 is 1.11 bits per heavy atom. The molecule has 0 unspecified atom stereocenters. The first-order valence-corrected chi connectivity index (χ1v) is 14.5. The minimum Gasteiger partial charge on any atom is -0.456 e. The minimum atomic E-state index is -0.799. The lowest BCUT2D eigenvalue weighted by molar-refractivity contribution is -0.148. The van der Waals surface area contributed by atoms with E-state index in [1.807, 2.05) is 13.0 Å². The molecule has 0 spiro atoms. The largest absolute Gasteiger partial charge is 0.456 e. The number of ether oxygens (including phenoxy) is 1. The van der Waals surface area contributed by atoms with E-state index in [2.05, 4.69) is 27.5 Å². The maximum Gasteiger partial charge on any atom is 0.326 e. The van der Waals surface area contributed by atoms with E-state index in [0.717, 1.165) is 12.8 Å². The molecule has 0 aromatic rings. The van der Waals surface area contributed by atoms with E-state index in [-0.39, 0.29) is 30.5 Å². The average Bonchev–Trinajstić information content (AvgIpc) is 2.88. The zero-order chi connectivity index (χ0) is 28.3. The molecule has 1 aliphatic heterocycles. The van der Waals surface area contributed by atoms with Crippen LogP contribution >= 0.6 is 11.8 Å². The molecule has 212 valence electrons. The number of amides is 2. The standard InChI is InChI=1S/C28H44N4O5S/c1-6-8-9-10-11-15-27(35)38-16-13-12-14-23-17-25(33)29-18-20(3)31-24(7-2)21(4)32-22(5)28(36)30-19-26(34)37-23/h7,12,14,22-23H,6,8-11,13,15-19H2,1-5H3,(H,29,33)(H,30,36)/b14-12+,24-7-,31-20?,32-21?/t22-,23-/m1/s1. The van der Waals surface area contributed by atoms with Crippen LogP contribution in [0.15, 0.2) is 33.9 Å². The van der Waals surface area contributed by atoms with E-state index in [0.29, 0.717) is 35.7 Å². The second-order valence-corrected chi connectivity index (χ2v) is 10.4. The summed E-state index contributed by atoms with van der Waals surface area (Å²) in [5.74, 6) is -0.748. The van der Waals surface area contributed by atoms with Gasteiger partial charge < -0.3 is 15.4 Å². The highest BCUT2D eigenvalue weighted by Gasteiger charge is 2.19. The van der Waals surface area contributed by atoms with Gasteiger partial charge in [0.15, 0.2) is 5.12 Å². The maximum atomic E-state index is 12.5. The van der Waals surface area contributed by atoms with Gasteiger partial charge in [-0.15, -0.1) is 0 Å². The summed E-state index contributed by atoms with van der Waals surface area (Å²) in [5.41, 5.74) is 1.85. The van der Waals surface area contributed by atoms with Gasteiger partial charge in [0.05, 0.1) is 24.4 Å². The highest BCUT2D eigenvalue weighted by atomic mass is 32.2. The van der Waals surface area contributed by atoms with Crippen molar-refractivity contribution >= 4 is 46.1 Å². The number of carbonyl (C=O) groups excluding carboxylic acids is 4. The lowest BCUT2D eigenvalue weighted by Gasteiger charge is -2.16. The van der Waals surface area contributed by atoms with Gasteiger partial charge in [-0.25, -0.2) is 0 Å². The highest BCUT2D eigenvalue weighted by Crippen LogP contribution is 2.13. The molecule has 0 fully saturated rings. The Labute approximate surface area is 231 Å². The number of esters is 1. The maximum absolute atomic E-state index is 12.5. The average molecular weight is 549 g/mol. The first-order valence-electron chi connectivity index (χ1n) is 13.5. The Hall–Kier alpha value is -2.75. The number of carbonyl (C=O) groups is 4. The molecule has 0 aromatic heterocycles. The fourth-order valence-electron chi connectivity index (χ4n) is 3.60. The molecular weight excluding hydrogens is 504 g/mol. The predicted molar refractivity (Wildman–Crippen MR) is 155 cm³/mol. The third-order valence-corrected chi connectivity index (χ3v) is 6.69. The molecule has 0 bridgehead atoms. The molecule has 1 aliphatic rings. The van der Waals surface area contributed by atoms with Crippen molar-refractivity contribution in [3.63, 3.8) is 0 Å². The quantitative estimate of drug-likeness (QED) is 0.238. The van der Waals surface area contributed by atoms with Gasteiger partial charge in [0.25, 0.3) is 0 Å². The molecule has 2 amide bonds. The Morgan fingerprint density at radius 2 is 1.84 bits per heavy atom. The summed E-state index contributed by atoms with van der Waals surface area (Å²) in [7, 11) is 0. The fraction of sp³-hybridized carbons (Fsp3) is 0.643. The van der Waals surface area contributed by atoms with Crippen molar-refractivity contribution in [1.29, 1.82) is 0 Å². The molecule has 0 saturated carbocycles. The summed E-state index contributed by atoms with van der Waals surface area (Å²) in [6.07, 6.45) is 11.2. The molecule has 2 N–H and O–H groups in total. The van der Waals surface area contributed by atoms with Crippen LogP contribution in [0.4, 0.5) is 0 Å². The van der Waals surface area contributed by atoms with Crippen LogP contribution in [0.2, 0.25) is 0 Å². The van der Waals surface area contributed by atoms with Gasteiger partial charge in [-0.2, -0.15) is 0 Å². The van der Waals surface area contributed by atoms with Crippen molar-refractivity contribution in [3.8, 4) is 0 Å². The lowest BCUT2D eigenvalue weighted by atomic mass is 10.1. The smallest absolute Gasteiger partial charge is 0.326 e. The van der Waals surface area contributed by atoms with E-state index < -0.39 is 24.0 Å². The molecule has 0 aliphatic carbocycles. The van der Waals surface area contributed by atoms with Crippen molar-refractivity contribution in [2.45, 2.75) is 98.1 Å². The normalized spacial score (nSPS) is 21.5. The van der Waals surface area contributed by atoms with Crippen molar-refractivity contribution < 1.29 is 23.9 Å². The molecule has 38 heavy (non-hydrogen) atoms. The van der Waals surface area contributed by atoms with Crippen LogP contribution in [-0.4, -0.2) is 65.3 Å². The SMILES string of the molecule is C/C=C1\N=C(C)CNC(=O)C[C@@H](/C=C/CCSC(=O)CCCCCCC)OC(=O)CNC(=O)[C@@H](C)N=C1C. The molecule has 1 heterocycles. The van der Waals surface area contributed by atoms with Crippen molar-refractivity contribution in [2.75, 3.05) is 18.8 Å². The highest BCUT2D eigenvalue weighted by molar-refractivity contribution is 8.13. The van der Waals surface area contributed by atoms with Crippen LogP contribution in [0.3, 0.4) is 0 Å². The molecule has 0 saturated heterocycles. The number of rotatable bonds is 10. The van der Waals surface area contributed by atoms with Crippen LogP contribution in [0.1, 0.15) is 86.0 Å². The number of nitrogens with one attached hydrogen (secondary N) is 2. The van der Waals surface area contributed by atoms with Gasteiger partial charge in [-0.05, 0) is 46.6 Å². The Kier molecular flexibility index (Phi) is 16.9. The van der Waals surface area contributed by atoms with E-state index in [1.54, 1.807) is 32.9 Å². The predicted octanol–water partition coefficient (Wildman–Crippen LogP) is 4.32. The van der Waals surface area contributed by atoms with Gasteiger partial charge in [-0.3, -0.25) is 29.2 Å². The summed E-state index contributed by atoms with van der Waals surface area (Å²) in [4.78, 5) is 58.3. The van der Waals surface area contributed by atoms with Crippen LogP contribution in [-0.2, 0) is 23.9 Å². The molecule has 0 aromatic carbocycles. The number of thioether (sulfide) groups is 1. The number of hydrogen-bond donors (Lipinski definition) is 2. The number of aliphatic imine (C=N–C) groups is 2. The Morgan fingerprint density at radius 3 is 2.55 bits per heavy atom. The Balaban J connectivity index is 2.76. The topological polar surface area (TPSA) is 126 Å². The van der Waals surface area contributed by atoms with Gasteiger partial charge >= 0.3 is 5.97 Å². The fourth-order valence-corrected chi connectivity index (χ4v) is 4.37. The second kappa shape index (κ2) is 19.3. The summed E-state index contributed by atoms with van der Waals surface area (Å²) < 4.78 is 5.45. The molecule has 0 radical (unpaired) electrons. The lowest BCUT2D eigenvalue weighted by Crippen LogP contribution is -2.38. The van der Waals surface area contributed by atoms with E-state index in [1.165, 1.54) is 31.0 Å². The van der Waals surface area contributed by atoms with Gasteiger partial charge in [0.2, 0.25) is 11.8 Å². The first kappa shape index (κ1) is 33.3. The molecule has 10 heteroatoms. The second-order valence-electron chi connectivity index (χ2n) is 9.24. The Bertz CT molecular complexity index is 926. The summed E-state index contributed by atoms with van der Waals surface area (Å²) in [6.45, 7) is 9.06. The summed E-state index contributed by atoms with van der Waals surface area (Å²) >= 11 is 1.30. The van der Waals surface area contributed by atoms with Crippen LogP contribution < -0.4 is 10.6 Å². The number of unbranched alkanes of at least 4 members (excludes halogenated alkanes) is 4. The van der Waals surface area contributed by atoms with E-state index in [9.17, 15) is 19.2 Å². The van der Waals surface area contributed by atoms with Crippen molar-refractivity contribution in [1.82, 2.24) is 10.6 Å². The van der Waals surface area contributed by atoms with Gasteiger partial charge in [-0.1, -0.05) is 56.5 Å². The molecule has 9 nitrogen and oxygen atoms in total. The number of hydrogen-bond acceptors (Lipinski definition) is 8. The van der Waals surface area contributed by atoms with Crippen LogP contribution in [0, 0.1) is 0 Å². The third-order valence-electron chi connectivity index (χ3n) is 5.72. The molecular formula is C28H44N4O5S. The zero-order valence-electron chi connectivity index (χ0n) is 23.5. The van der Waals surface area contributed by atoms with Gasteiger partial charge in [0.1, 0.15) is 18.7 Å². The minimum absolute atomic E-state index is 0.0688. The summed E-state index contributed by atoms with van der Waals surface area (Å²) in [5, 5.41) is 5.52. The van der Waals surface area contributed by atoms with Gasteiger partial charge in [0, 0.05) is 17.9 Å².